The molecule has 0 radical (unpaired) electrons. The molecule has 2 aromatic rings. The van der Waals surface area contributed by atoms with Gasteiger partial charge in [0.05, 0.1) is 11.8 Å². The molecule has 2 aromatic carbocycles. The number of carbonyl (C=O) groups is 1. The van der Waals surface area contributed by atoms with Crippen molar-refractivity contribution in [1.29, 1.82) is 0 Å². The minimum Gasteiger partial charge on any atom is -0.489 e. The lowest BCUT2D eigenvalue weighted by molar-refractivity contribution is -0.192. The van der Waals surface area contributed by atoms with E-state index >= 15 is 0 Å². The molecule has 1 heterocycles. The summed E-state index contributed by atoms with van der Waals surface area (Å²) in [5.41, 5.74) is -0.0114. The number of benzene rings is 2. The van der Waals surface area contributed by atoms with Crippen molar-refractivity contribution in [2.45, 2.75) is 49.9 Å². The number of hydrogen-bond donors (Lipinski definition) is 1. The fraction of sp³-hybridized carbons (Fsp3) is 0.458. The molecule has 0 spiro atoms. The van der Waals surface area contributed by atoms with E-state index in [0.29, 0.717) is 18.4 Å². The Labute approximate surface area is 221 Å². The first-order valence-corrected chi connectivity index (χ1v) is 14.1. The molecule has 0 bridgehead atoms. The Hall–Kier alpha value is -2.08. The van der Waals surface area contributed by atoms with Gasteiger partial charge in [-0.2, -0.15) is 13.2 Å². The highest BCUT2D eigenvalue weighted by atomic mass is 35.5. The van der Waals surface area contributed by atoms with E-state index in [-0.39, 0.29) is 40.4 Å². The standard InChI is InChI=1S/C24H24Cl2F4N2O4S/c1-37(34,35)31-23(33)19-10-18(13-4-5-13)21(11-20(19)27)36-17-3-2-6-32(12-17)22(24(28,29)30)14-7-15(25)9-16(26)8-14/h7-11,13,17,22H,2-6,12H2,1H3,(H,31,33)/t17-,22-/m1/s1. The third kappa shape index (κ3) is 7.07. The first-order chi connectivity index (χ1) is 17.2. The van der Waals surface area contributed by atoms with E-state index in [1.165, 1.54) is 29.2 Å². The molecule has 1 aliphatic carbocycles. The zero-order valence-corrected chi connectivity index (χ0v) is 21.9. The molecule has 1 saturated heterocycles. The van der Waals surface area contributed by atoms with Crippen LogP contribution in [-0.2, 0) is 10.0 Å². The number of rotatable bonds is 7. The van der Waals surface area contributed by atoms with Crippen molar-refractivity contribution >= 4 is 39.1 Å². The van der Waals surface area contributed by atoms with Gasteiger partial charge >= 0.3 is 6.18 Å². The molecule has 13 heteroatoms. The summed E-state index contributed by atoms with van der Waals surface area (Å²) >= 11 is 11.9. The van der Waals surface area contributed by atoms with E-state index in [0.717, 1.165) is 25.2 Å². The van der Waals surface area contributed by atoms with Crippen molar-refractivity contribution in [3.63, 3.8) is 0 Å². The number of carbonyl (C=O) groups excluding carboxylic acids is 1. The maximum Gasteiger partial charge on any atom is 0.408 e. The second kappa shape index (κ2) is 10.6. The molecular formula is C24H24Cl2F4N2O4S. The number of alkyl halides is 3. The molecule has 37 heavy (non-hydrogen) atoms. The minimum atomic E-state index is -4.62. The minimum absolute atomic E-state index is 0.0170. The van der Waals surface area contributed by atoms with Crippen molar-refractivity contribution in [3.05, 3.63) is 62.9 Å². The van der Waals surface area contributed by atoms with Gasteiger partial charge in [0.2, 0.25) is 10.0 Å². The van der Waals surface area contributed by atoms with Crippen LogP contribution in [0.2, 0.25) is 10.0 Å². The van der Waals surface area contributed by atoms with Gasteiger partial charge in [-0.3, -0.25) is 9.69 Å². The number of halogens is 6. The fourth-order valence-corrected chi connectivity index (χ4v) is 5.59. The third-order valence-electron chi connectivity index (χ3n) is 6.22. The molecule has 6 nitrogen and oxygen atoms in total. The summed E-state index contributed by atoms with van der Waals surface area (Å²) in [7, 11) is -3.90. The van der Waals surface area contributed by atoms with E-state index in [1.807, 2.05) is 0 Å². The molecule has 1 amide bonds. The van der Waals surface area contributed by atoms with Gasteiger partial charge in [0.1, 0.15) is 23.7 Å². The quantitative estimate of drug-likeness (QED) is 0.415. The molecule has 2 atom stereocenters. The highest BCUT2D eigenvalue weighted by molar-refractivity contribution is 7.89. The summed E-state index contributed by atoms with van der Waals surface area (Å²) in [6, 6.07) is 4.12. The largest absolute Gasteiger partial charge is 0.489 e. The molecule has 2 fully saturated rings. The summed E-state index contributed by atoms with van der Waals surface area (Å²) in [6.45, 7) is 0.0684. The second-order valence-corrected chi connectivity index (χ2v) is 12.0. The maximum atomic E-state index is 14.8. The van der Waals surface area contributed by atoms with E-state index in [2.05, 4.69) is 0 Å². The zero-order valence-electron chi connectivity index (χ0n) is 19.6. The number of likely N-dealkylation sites (tertiary alicyclic amines) is 1. The van der Waals surface area contributed by atoms with E-state index in [1.54, 1.807) is 4.72 Å². The van der Waals surface area contributed by atoms with Crippen LogP contribution in [-0.4, -0.2) is 50.9 Å². The number of nitrogens with one attached hydrogen (secondary N) is 1. The second-order valence-electron chi connectivity index (χ2n) is 9.37. The fourth-order valence-electron chi connectivity index (χ4n) is 4.60. The van der Waals surface area contributed by atoms with Gasteiger partial charge in [-0.15, -0.1) is 0 Å². The Morgan fingerprint density at radius 2 is 1.76 bits per heavy atom. The Balaban J connectivity index is 1.59. The van der Waals surface area contributed by atoms with Crippen LogP contribution < -0.4 is 9.46 Å². The average Bonchev–Trinajstić information content (AvgIpc) is 3.56. The predicted molar refractivity (Wildman–Crippen MR) is 131 cm³/mol. The first kappa shape index (κ1) is 27.9. The number of piperidine rings is 1. The number of ether oxygens (including phenoxy) is 1. The van der Waals surface area contributed by atoms with E-state index in [4.69, 9.17) is 27.9 Å². The van der Waals surface area contributed by atoms with E-state index in [9.17, 15) is 30.8 Å². The van der Waals surface area contributed by atoms with Crippen LogP contribution in [0.15, 0.2) is 30.3 Å². The predicted octanol–water partition coefficient (Wildman–Crippen LogP) is 5.85. The Kier molecular flexibility index (Phi) is 8.00. The van der Waals surface area contributed by atoms with Crippen molar-refractivity contribution < 1.29 is 35.5 Å². The van der Waals surface area contributed by atoms with Gasteiger partial charge in [-0.05, 0) is 73.5 Å². The normalized spacial score (nSPS) is 19.9. The van der Waals surface area contributed by atoms with Crippen LogP contribution in [0.1, 0.15) is 59.1 Å². The van der Waals surface area contributed by atoms with Gasteiger partial charge in [-0.25, -0.2) is 17.5 Å². The average molecular weight is 583 g/mol. The number of sulfonamides is 1. The lowest BCUT2D eigenvalue weighted by Gasteiger charge is -2.39. The van der Waals surface area contributed by atoms with E-state index < -0.39 is 45.6 Å². The first-order valence-electron chi connectivity index (χ1n) is 11.5. The summed E-state index contributed by atoms with van der Waals surface area (Å²) in [5.74, 6) is -1.98. The Morgan fingerprint density at radius 1 is 1.11 bits per heavy atom. The molecule has 0 aromatic heterocycles. The van der Waals surface area contributed by atoms with Gasteiger partial charge in [-0.1, -0.05) is 23.2 Å². The molecule has 1 saturated carbocycles. The van der Waals surface area contributed by atoms with Gasteiger partial charge in [0.25, 0.3) is 5.91 Å². The van der Waals surface area contributed by atoms with Crippen LogP contribution in [0.5, 0.6) is 5.75 Å². The molecule has 1 aliphatic heterocycles. The lowest BCUT2D eigenvalue weighted by atomic mass is 9.99. The molecule has 1 N–H and O–H groups in total. The Bertz CT molecular complexity index is 1280. The van der Waals surface area contributed by atoms with Gasteiger partial charge < -0.3 is 4.74 Å². The van der Waals surface area contributed by atoms with Crippen molar-refractivity contribution in [1.82, 2.24) is 9.62 Å². The van der Waals surface area contributed by atoms with Crippen molar-refractivity contribution in [2.75, 3.05) is 19.3 Å². The molecule has 4 rings (SSSR count). The maximum absolute atomic E-state index is 14.8. The van der Waals surface area contributed by atoms with Crippen molar-refractivity contribution in [2.24, 2.45) is 0 Å². The SMILES string of the molecule is CS(=O)(=O)NC(=O)c1cc(C2CC2)c(O[C@@H]2CCCN([C@H](c3cc(Cl)cc(Cl)c3)C(F)(F)F)C2)cc1F. The molecule has 202 valence electrons. The monoisotopic (exact) mass is 582 g/mol. The summed E-state index contributed by atoms with van der Waals surface area (Å²) in [6.07, 6.45) is -2.14. The lowest BCUT2D eigenvalue weighted by Crippen LogP contribution is -2.47. The van der Waals surface area contributed by atoms with Crippen LogP contribution in [0.25, 0.3) is 0 Å². The highest BCUT2D eigenvalue weighted by Gasteiger charge is 2.46. The summed E-state index contributed by atoms with van der Waals surface area (Å²) < 4.78 is 87.9. The van der Waals surface area contributed by atoms with Crippen LogP contribution in [0.4, 0.5) is 17.6 Å². The third-order valence-corrected chi connectivity index (χ3v) is 7.21. The highest BCUT2D eigenvalue weighted by Crippen LogP contribution is 2.46. The number of amides is 1. The topological polar surface area (TPSA) is 75.7 Å². The van der Waals surface area contributed by atoms with Gasteiger partial charge in [0, 0.05) is 22.7 Å². The van der Waals surface area contributed by atoms with Crippen LogP contribution >= 0.6 is 23.2 Å². The van der Waals surface area contributed by atoms with Crippen molar-refractivity contribution in [3.8, 4) is 5.75 Å². The van der Waals surface area contributed by atoms with Crippen LogP contribution in [0, 0.1) is 5.82 Å². The molecule has 2 aliphatic rings. The molecule has 0 unspecified atom stereocenters. The number of nitrogens with zero attached hydrogens (tertiary/aromatic N) is 1. The number of hydrogen-bond acceptors (Lipinski definition) is 5. The molecular weight excluding hydrogens is 559 g/mol. The Morgan fingerprint density at radius 3 is 2.32 bits per heavy atom. The smallest absolute Gasteiger partial charge is 0.408 e. The van der Waals surface area contributed by atoms with Crippen LogP contribution in [0.3, 0.4) is 0 Å². The summed E-state index contributed by atoms with van der Waals surface area (Å²) in [4.78, 5) is 13.5. The van der Waals surface area contributed by atoms with Gasteiger partial charge in [0.15, 0.2) is 0 Å². The zero-order chi connectivity index (χ0) is 27.1. The summed E-state index contributed by atoms with van der Waals surface area (Å²) in [5, 5.41) is 0.178.